The zero-order valence-corrected chi connectivity index (χ0v) is 11.0. The first-order valence-electron chi connectivity index (χ1n) is 5.89. The van der Waals surface area contributed by atoms with E-state index >= 15 is 0 Å². The lowest BCUT2D eigenvalue weighted by atomic mass is 10.2. The molecule has 19 heavy (non-hydrogen) atoms. The van der Waals surface area contributed by atoms with Crippen molar-refractivity contribution in [3.8, 4) is 0 Å². The molecule has 100 valence electrons. The fraction of sp³-hybridized carbons (Fsp3) is 0.308. The molecular formula is C13H14N2O4. The van der Waals surface area contributed by atoms with E-state index in [4.69, 9.17) is 4.74 Å². The van der Waals surface area contributed by atoms with Crippen LogP contribution in [-0.2, 0) is 9.53 Å². The Labute approximate surface area is 108 Å². The molecule has 2 rings (SSSR count). The molecular weight excluding hydrogens is 248 g/mol. The molecule has 0 aromatic carbocycles. The Morgan fingerprint density at radius 3 is 2.58 bits per heavy atom. The van der Waals surface area contributed by atoms with E-state index in [2.05, 4.69) is 0 Å². The van der Waals surface area contributed by atoms with Crippen molar-refractivity contribution < 1.29 is 9.53 Å². The average molecular weight is 262 g/mol. The van der Waals surface area contributed by atoms with Crippen molar-refractivity contribution in [3.63, 3.8) is 0 Å². The van der Waals surface area contributed by atoms with Gasteiger partial charge >= 0.3 is 5.97 Å². The Morgan fingerprint density at radius 1 is 1.32 bits per heavy atom. The number of carbonyl (C=O) groups excluding carboxylic acids is 1. The van der Waals surface area contributed by atoms with Gasteiger partial charge in [0.1, 0.15) is 0 Å². The van der Waals surface area contributed by atoms with E-state index in [0.29, 0.717) is 17.0 Å². The number of nitrogens with zero attached hydrogens (tertiary/aromatic N) is 2. The smallest absolute Gasteiger partial charge is 0.330 e. The number of carbonyl (C=O) groups is 1. The maximum absolute atomic E-state index is 12.1. The lowest BCUT2D eigenvalue weighted by Crippen LogP contribution is -2.22. The van der Waals surface area contributed by atoms with Crippen molar-refractivity contribution in [2.45, 2.75) is 20.8 Å². The molecule has 0 aliphatic heterocycles. The van der Waals surface area contributed by atoms with Gasteiger partial charge in [0.15, 0.2) is 0 Å². The van der Waals surface area contributed by atoms with Crippen molar-refractivity contribution in [1.82, 2.24) is 9.03 Å². The molecule has 0 unspecified atom stereocenters. The summed E-state index contributed by atoms with van der Waals surface area (Å²) in [5, 5.41) is 0. The van der Waals surface area contributed by atoms with Crippen LogP contribution < -0.4 is 11.1 Å². The van der Waals surface area contributed by atoms with Crippen LogP contribution in [-0.4, -0.2) is 21.6 Å². The molecule has 0 aliphatic rings. The number of fused-ring (bicyclic) bond motifs is 1. The summed E-state index contributed by atoms with van der Waals surface area (Å²) in [6.45, 7) is 5.44. The van der Waals surface area contributed by atoms with Gasteiger partial charge in [-0.2, -0.15) is 4.52 Å². The van der Waals surface area contributed by atoms with Gasteiger partial charge in [0.2, 0.25) is 0 Å². The number of hydrogen-bond donors (Lipinski definition) is 0. The minimum absolute atomic E-state index is 0.272. The SMILES string of the molecule is CCOC(=O)/C=C/c1c(C)n2c(C)cc(=O)n2c1=O. The van der Waals surface area contributed by atoms with Crippen LogP contribution in [0.2, 0.25) is 0 Å². The van der Waals surface area contributed by atoms with E-state index in [9.17, 15) is 14.4 Å². The van der Waals surface area contributed by atoms with Crippen molar-refractivity contribution >= 4 is 12.0 Å². The van der Waals surface area contributed by atoms with Crippen molar-refractivity contribution in [1.29, 1.82) is 0 Å². The van der Waals surface area contributed by atoms with E-state index in [1.807, 2.05) is 0 Å². The molecule has 0 fully saturated rings. The van der Waals surface area contributed by atoms with E-state index < -0.39 is 11.5 Å². The monoisotopic (exact) mass is 262 g/mol. The van der Waals surface area contributed by atoms with E-state index in [1.54, 1.807) is 20.8 Å². The van der Waals surface area contributed by atoms with Gasteiger partial charge in [-0.25, -0.2) is 4.79 Å². The highest BCUT2D eigenvalue weighted by molar-refractivity contribution is 5.87. The van der Waals surface area contributed by atoms with Crippen molar-refractivity contribution in [3.05, 3.63) is 49.8 Å². The lowest BCUT2D eigenvalue weighted by Gasteiger charge is -1.95. The summed E-state index contributed by atoms with van der Waals surface area (Å²) >= 11 is 0. The van der Waals surface area contributed by atoms with E-state index in [1.165, 1.54) is 22.7 Å². The fourth-order valence-corrected chi connectivity index (χ4v) is 2.08. The number of rotatable bonds is 3. The number of ether oxygens (including phenoxy) is 1. The van der Waals surface area contributed by atoms with Gasteiger partial charge in [0.25, 0.3) is 11.1 Å². The first-order valence-corrected chi connectivity index (χ1v) is 5.89. The van der Waals surface area contributed by atoms with Gasteiger partial charge in [-0.05, 0) is 26.8 Å². The van der Waals surface area contributed by atoms with Gasteiger partial charge in [0.05, 0.1) is 17.9 Å². The fourth-order valence-electron chi connectivity index (χ4n) is 2.08. The average Bonchev–Trinajstić information content (AvgIpc) is 2.76. The number of aryl methyl sites for hydroxylation is 2. The van der Waals surface area contributed by atoms with Crippen molar-refractivity contribution in [2.75, 3.05) is 6.61 Å². The van der Waals surface area contributed by atoms with Gasteiger partial charge in [-0.3, -0.25) is 14.1 Å². The Bertz CT molecular complexity index is 767. The van der Waals surface area contributed by atoms with Crippen LogP contribution in [0, 0.1) is 13.8 Å². The molecule has 2 aromatic heterocycles. The zero-order chi connectivity index (χ0) is 14.2. The molecule has 2 aromatic rings. The Hall–Kier alpha value is -2.37. The highest BCUT2D eigenvalue weighted by Gasteiger charge is 2.15. The second-order valence-electron chi connectivity index (χ2n) is 4.14. The van der Waals surface area contributed by atoms with Crippen molar-refractivity contribution in [2.24, 2.45) is 0 Å². The molecule has 0 saturated carbocycles. The molecule has 0 bridgehead atoms. The normalized spacial score (nSPS) is 11.5. The largest absolute Gasteiger partial charge is 0.463 e. The maximum atomic E-state index is 12.1. The molecule has 0 atom stereocenters. The zero-order valence-electron chi connectivity index (χ0n) is 11.0. The molecule has 0 aliphatic carbocycles. The summed E-state index contributed by atoms with van der Waals surface area (Å²) in [6, 6.07) is 1.40. The third-order valence-corrected chi connectivity index (χ3v) is 2.88. The third-order valence-electron chi connectivity index (χ3n) is 2.88. The predicted molar refractivity (Wildman–Crippen MR) is 69.7 cm³/mol. The standard InChI is InChI=1S/C13H14N2O4/c1-4-19-12(17)6-5-10-9(3)14-8(2)7-11(16)15(14)13(10)18/h5-7H,4H2,1-3H3/b6-5+. The van der Waals surface area contributed by atoms with Crippen LogP contribution in [0.1, 0.15) is 23.9 Å². The molecule has 0 saturated heterocycles. The number of hydrogen-bond acceptors (Lipinski definition) is 4. The molecule has 0 amide bonds. The highest BCUT2D eigenvalue weighted by atomic mass is 16.5. The third kappa shape index (κ3) is 2.05. The van der Waals surface area contributed by atoms with Crippen LogP contribution in [0.5, 0.6) is 0 Å². The van der Waals surface area contributed by atoms with Gasteiger partial charge < -0.3 is 4.74 Å². The Morgan fingerprint density at radius 2 is 2.00 bits per heavy atom. The molecule has 6 heteroatoms. The van der Waals surface area contributed by atoms with Gasteiger partial charge in [0, 0.05) is 17.8 Å². The number of aromatic nitrogens is 2. The lowest BCUT2D eigenvalue weighted by molar-refractivity contribution is -0.137. The van der Waals surface area contributed by atoms with E-state index in [-0.39, 0.29) is 12.2 Å². The Balaban J connectivity index is 2.57. The topological polar surface area (TPSA) is 69.3 Å². The van der Waals surface area contributed by atoms with Crippen LogP contribution >= 0.6 is 0 Å². The second kappa shape index (κ2) is 4.72. The van der Waals surface area contributed by atoms with E-state index in [0.717, 1.165) is 4.52 Å². The molecule has 0 N–H and O–H groups in total. The summed E-state index contributed by atoms with van der Waals surface area (Å²) in [5.74, 6) is -0.517. The van der Waals surface area contributed by atoms with Gasteiger partial charge in [-0.15, -0.1) is 0 Å². The van der Waals surface area contributed by atoms with Crippen LogP contribution in [0.3, 0.4) is 0 Å². The molecule has 6 nitrogen and oxygen atoms in total. The summed E-state index contributed by atoms with van der Waals surface area (Å²) in [4.78, 5) is 35.0. The van der Waals surface area contributed by atoms with Crippen LogP contribution in [0.4, 0.5) is 0 Å². The summed E-state index contributed by atoms with van der Waals surface area (Å²) in [6.07, 6.45) is 2.57. The maximum Gasteiger partial charge on any atom is 0.330 e. The summed E-state index contributed by atoms with van der Waals surface area (Å²) in [5.41, 5.74) is 0.798. The quantitative estimate of drug-likeness (QED) is 0.592. The Kier molecular flexibility index (Phi) is 3.25. The summed E-state index contributed by atoms with van der Waals surface area (Å²) < 4.78 is 7.33. The van der Waals surface area contributed by atoms with Crippen LogP contribution in [0.15, 0.2) is 21.7 Å². The predicted octanol–water partition coefficient (Wildman–Crippen LogP) is 0.390. The first kappa shape index (κ1) is 13.1. The molecule has 0 spiro atoms. The second-order valence-corrected chi connectivity index (χ2v) is 4.14. The van der Waals surface area contributed by atoms with Gasteiger partial charge in [-0.1, -0.05) is 0 Å². The highest BCUT2D eigenvalue weighted by Crippen LogP contribution is 2.07. The molecule has 0 radical (unpaired) electrons. The first-order chi connectivity index (χ1) is 8.97. The molecule has 2 heterocycles. The number of esters is 1. The van der Waals surface area contributed by atoms with Crippen LogP contribution in [0.25, 0.3) is 6.08 Å². The summed E-state index contributed by atoms with van der Waals surface area (Å²) in [7, 11) is 0. The minimum Gasteiger partial charge on any atom is -0.463 e. The minimum atomic E-state index is -0.517.